The van der Waals surface area contributed by atoms with Crippen LogP contribution < -0.4 is 10.7 Å². The molecule has 0 bridgehead atoms. The second-order valence-corrected chi connectivity index (χ2v) is 8.55. The second-order valence-electron chi connectivity index (χ2n) is 7.74. The van der Waals surface area contributed by atoms with Crippen LogP contribution in [0.5, 0.6) is 0 Å². The van der Waals surface area contributed by atoms with Crippen LogP contribution in [0.2, 0.25) is 10.0 Å². The van der Waals surface area contributed by atoms with Gasteiger partial charge in [0, 0.05) is 12.6 Å². The van der Waals surface area contributed by atoms with Crippen molar-refractivity contribution in [1.29, 1.82) is 0 Å². The van der Waals surface area contributed by atoms with Crippen LogP contribution in [0.4, 0.5) is 48.7 Å². The van der Waals surface area contributed by atoms with Gasteiger partial charge in [0.1, 0.15) is 18.3 Å². The molecule has 0 fully saturated rings. The topological polar surface area (TPSA) is 61.4 Å². The summed E-state index contributed by atoms with van der Waals surface area (Å²) in [6, 6.07) is 2.24. The Morgan fingerprint density at radius 3 is 2.08 bits per heavy atom. The number of rotatable bonds is 5. The number of nitrogens with zero attached hydrogens (tertiary/aromatic N) is 1. The molecule has 5 nitrogen and oxygen atoms in total. The zero-order chi connectivity index (χ0) is 29.9. The number of allylic oxidation sites excluding steroid dienone is 1. The Morgan fingerprint density at radius 1 is 0.949 bits per heavy atom. The Morgan fingerprint density at radius 2 is 1.56 bits per heavy atom. The van der Waals surface area contributed by atoms with E-state index in [4.69, 9.17) is 23.2 Å². The third-order valence-corrected chi connectivity index (χ3v) is 5.57. The molecule has 1 atom stereocenters. The van der Waals surface area contributed by atoms with Crippen LogP contribution in [0.15, 0.2) is 42.5 Å². The number of hydrogen-bond acceptors (Lipinski definition) is 2. The van der Waals surface area contributed by atoms with Crippen molar-refractivity contribution >= 4 is 41.0 Å². The lowest BCUT2D eigenvalue weighted by Crippen LogP contribution is -2.50. The zero-order valence-corrected chi connectivity index (χ0v) is 20.6. The fraction of sp³-hybridized carbons (Fsp3) is 0.273. The summed E-state index contributed by atoms with van der Waals surface area (Å²) >= 11 is 11.4. The molecule has 0 aromatic heterocycles. The van der Waals surface area contributed by atoms with Gasteiger partial charge in [-0.2, -0.15) is 39.5 Å². The molecule has 2 rings (SSSR count). The fourth-order valence-electron chi connectivity index (χ4n) is 3.01. The van der Waals surface area contributed by atoms with E-state index in [1.807, 2.05) is 0 Å². The smallest absolute Gasteiger partial charge is 0.327 e. The summed E-state index contributed by atoms with van der Waals surface area (Å²) in [4.78, 5) is 24.0. The number of nitrogens with one attached hydrogen (secondary N) is 2. The summed E-state index contributed by atoms with van der Waals surface area (Å²) in [5.74, 6) is -6.01. The Bertz CT molecular complexity index is 1260. The molecular formula is C22H15Cl2F10N3O2. The molecule has 0 aliphatic rings. The molecule has 3 amide bonds. The normalized spacial score (nSPS) is 13.6. The van der Waals surface area contributed by atoms with E-state index in [2.05, 4.69) is 0 Å². The average molecular weight is 614 g/mol. The van der Waals surface area contributed by atoms with E-state index in [1.165, 1.54) is 5.32 Å². The standard InChI is InChI=1S/C22H15Cl2F10N3O2/c1-37(19(39)35-9-20(26,27)28)36-18(38)12-4-2-11(6-14(12)22(32,33)34)17(25)8-13(21(29,30)31)10-3-5-15(23)16(24)7-10/h2-8,13H,9H2,1H3,(H,35,39)(H,36,38)/b17-8-. The van der Waals surface area contributed by atoms with Gasteiger partial charge in [-0.1, -0.05) is 35.3 Å². The highest BCUT2D eigenvalue weighted by Gasteiger charge is 2.41. The van der Waals surface area contributed by atoms with Crippen molar-refractivity contribution < 1.29 is 53.5 Å². The Balaban J connectivity index is 2.42. The predicted octanol–water partition coefficient (Wildman–Crippen LogP) is 7.52. The van der Waals surface area contributed by atoms with Crippen molar-refractivity contribution in [3.05, 3.63) is 74.8 Å². The number of alkyl halides is 9. The van der Waals surface area contributed by atoms with Gasteiger partial charge in [0.25, 0.3) is 5.91 Å². The van der Waals surface area contributed by atoms with Crippen molar-refractivity contribution in [3.63, 3.8) is 0 Å². The van der Waals surface area contributed by atoms with Crippen molar-refractivity contribution in [2.45, 2.75) is 24.4 Å². The second kappa shape index (κ2) is 11.9. The van der Waals surface area contributed by atoms with Gasteiger partial charge in [-0.3, -0.25) is 10.2 Å². The molecule has 0 saturated carbocycles. The van der Waals surface area contributed by atoms with Gasteiger partial charge in [0.05, 0.1) is 21.2 Å². The minimum Gasteiger partial charge on any atom is -0.327 e. The maximum atomic E-state index is 14.9. The monoisotopic (exact) mass is 613 g/mol. The number of benzene rings is 2. The minimum absolute atomic E-state index is 0.00750. The van der Waals surface area contributed by atoms with Crippen LogP contribution >= 0.6 is 23.2 Å². The van der Waals surface area contributed by atoms with Gasteiger partial charge >= 0.3 is 24.6 Å². The molecule has 17 heteroatoms. The van der Waals surface area contributed by atoms with Crippen LogP contribution in [0.3, 0.4) is 0 Å². The summed E-state index contributed by atoms with van der Waals surface area (Å²) in [5, 5.41) is 1.10. The molecule has 39 heavy (non-hydrogen) atoms. The van der Waals surface area contributed by atoms with Gasteiger partial charge in [-0.05, 0) is 35.9 Å². The highest BCUT2D eigenvalue weighted by Crippen LogP contribution is 2.41. The summed E-state index contributed by atoms with van der Waals surface area (Å²) in [6.45, 7) is -1.80. The van der Waals surface area contributed by atoms with Crippen LogP contribution in [0, 0.1) is 0 Å². The van der Waals surface area contributed by atoms with Crippen LogP contribution in [0.25, 0.3) is 5.83 Å². The van der Waals surface area contributed by atoms with Gasteiger partial charge in [-0.15, -0.1) is 0 Å². The molecule has 0 radical (unpaired) electrons. The van der Waals surface area contributed by atoms with E-state index in [0.717, 1.165) is 25.2 Å². The summed E-state index contributed by atoms with van der Waals surface area (Å²) in [5.41, 5.74) is -2.94. The first-order chi connectivity index (χ1) is 17.7. The van der Waals surface area contributed by atoms with Crippen molar-refractivity contribution in [2.75, 3.05) is 13.6 Å². The molecule has 1 unspecified atom stereocenters. The van der Waals surface area contributed by atoms with Crippen LogP contribution in [0.1, 0.15) is 33.0 Å². The van der Waals surface area contributed by atoms with Crippen molar-refractivity contribution in [1.82, 2.24) is 15.8 Å². The summed E-state index contributed by atoms with van der Waals surface area (Å²) in [6.07, 6.45) is -15.2. The minimum atomic E-state index is -5.34. The van der Waals surface area contributed by atoms with Gasteiger partial charge < -0.3 is 5.32 Å². The summed E-state index contributed by atoms with van der Waals surface area (Å²) < 4.78 is 133. The number of carbonyl (C=O) groups excluding carboxylic acids is 2. The van der Waals surface area contributed by atoms with E-state index >= 15 is 0 Å². The number of amides is 3. The SMILES string of the molecule is CN(NC(=O)c1ccc(/C(F)=C/C(c2ccc(Cl)c(Cl)c2)C(F)(F)F)cc1C(F)(F)F)C(=O)NCC(F)(F)F. The van der Waals surface area contributed by atoms with E-state index in [-0.39, 0.29) is 27.2 Å². The third kappa shape index (κ3) is 8.92. The lowest BCUT2D eigenvalue weighted by atomic mass is 9.95. The molecule has 2 aromatic carbocycles. The molecular weight excluding hydrogens is 599 g/mol. The molecule has 214 valence electrons. The first-order valence-corrected chi connectivity index (χ1v) is 11.0. The number of carbonyl (C=O) groups is 2. The number of hydrogen-bond donors (Lipinski definition) is 2. The molecule has 2 N–H and O–H groups in total. The van der Waals surface area contributed by atoms with Crippen LogP contribution in [-0.4, -0.2) is 42.9 Å². The predicted molar refractivity (Wildman–Crippen MR) is 120 cm³/mol. The third-order valence-electron chi connectivity index (χ3n) is 4.83. The number of hydrazine groups is 1. The van der Waals surface area contributed by atoms with Crippen molar-refractivity contribution in [2.24, 2.45) is 0 Å². The molecule has 0 heterocycles. The molecule has 0 aliphatic carbocycles. The largest absolute Gasteiger partial charge is 0.417 e. The maximum Gasteiger partial charge on any atom is 0.417 e. The number of urea groups is 1. The van der Waals surface area contributed by atoms with Crippen molar-refractivity contribution in [3.8, 4) is 0 Å². The van der Waals surface area contributed by atoms with E-state index in [0.29, 0.717) is 12.1 Å². The molecule has 0 saturated heterocycles. The van der Waals surface area contributed by atoms with Gasteiger partial charge in [0.2, 0.25) is 0 Å². The lowest BCUT2D eigenvalue weighted by molar-refractivity contribution is -0.140. The summed E-state index contributed by atoms with van der Waals surface area (Å²) in [7, 11) is 0.730. The van der Waals surface area contributed by atoms with Gasteiger partial charge in [0.15, 0.2) is 0 Å². The lowest BCUT2D eigenvalue weighted by Gasteiger charge is -2.21. The molecule has 0 spiro atoms. The zero-order valence-electron chi connectivity index (χ0n) is 19.1. The van der Waals surface area contributed by atoms with E-state index in [9.17, 15) is 53.5 Å². The number of halogens is 12. The first kappa shape index (κ1) is 32.0. The average Bonchev–Trinajstić information content (AvgIpc) is 2.80. The van der Waals surface area contributed by atoms with Gasteiger partial charge in [-0.25, -0.2) is 14.2 Å². The first-order valence-electron chi connectivity index (χ1n) is 10.2. The van der Waals surface area contributed by atoms with E-state index in [1.54, 1.807) is 5.43 Å². The Kier molecular flexibility index (Phi) is 9.77. The van der Waals surface area contributed by atoms with E-state index < -0.39 is 71.0 Å². The fourth-order valence-corrected chi connectivity index (χ4v) is 3.32. The molecule has 2 aromatic rings. The Hall–Kier alpha value is -3.20. The Labute approximate surface area is 223 Å². The highest BCUT2D eigenvalue weighted by molar-refractivity contribution is 6.42. The quantitative estimate of drug-likeness (QED) is 0.271. The molecule has 0 aliphatic heterocycles. The maximum absolute atomic E-state index is 14.9. The van der Waals surface area contributed by atoms with Crippen LogP contribution in [-0.2, 0) is 6.18 Å². The highest BCUT2D eigenvalue weighted by atomic mass is 35.5.